The third-order valence-electron chi connectivity index (χ3n) is 4.81. The molecule has 1 aromatic rings. The number of rotatable bonds is 2. The van der Waals surface area contributed by atoms with E-state index in [-0.39, 0.29) is 29.3 Å². The minimum absolute atomic E-state index is 0.0516. The first-order valence-electron chi connectivity index (χ1n) is 7.68. The van der Waals surface area contributed by atoms with Gasteiger partial charge in [0.1, 0.15) is 5.82 Å². The molecule has 1 aliphatic carbocycles. The molecule has 2 aliphatic heterocycles. The van der Waals surface area contributed by atoms with Crippen LogP contribution >= 0.6 is 0 Å². The van der Waals surface area contributed by atoms with Gasteiger partial charge in [-0.1, -0.05) is 6.42 Å². The van der Waals surface area contributed by atoms with Crippen LogP contribution in [0.5, 0.6) is 0 Å². The second-order valence-corrected chi connectivity index (χ2v) is 6.54. The van der Waals surface area contributed by atoms with Gasteiger partial charge in [0.2, 0.25) is 5.90 Å². The molecule has 1 saturated heterocycles. The first kappa shape index (κ1) is 15.2. The smallest absolute Gasteiger partial charge is 0.419 e. The Bertz CT molecular complexity index is 720. The van der Waals surface area contributed by atoms with E-state index in [2.05, 4.69) is 15.5 Å². The van der Waals surface area contributed by atoms with Crippen molar-refractivity contribution in [3.05, 3.63) is 23.4 Å². The Labute approximate surface area is 135 Å². The maximum absolute atomic E-state index is 13.4. The van der Waals surface area contributed by atoms with Gasteiger partial charge in [-0.2, -0.15) is 13.2 Å². The van der Waals surface area contributed by atoms with Crippen molar-refractivity contribution in [2.75, 3.05) is 24.6 Å². The predicted molar refractivity (Wildman–Crippen MR) is 78.4 cm³/mol. The summed E-state index contributed by atoms with van der Waals surface area (Å²) in [7, 11) is 0. The summed E-state index contributed by atoms with van der Waals surface area (Å²) in [5.74, 6) is -0.576. The van der Waals surface area contributed by atoms with Gasteiger partial charge in [-0.05, 0) is 18.9 Å². The third kappa shape index (κ3) is 2.47. The molecule has 6 nitrogen and oxygen atoms in total. The largest absolute Gasteiger partial charge is 0.466 e. The van der Waals surface area contributed by atoms with E-state index >= 15 is 0 Å². The summed E-state index contributed by atoms with van der Waals surface area (Å²) < 4.78 is 45.4. The molecule has 0 radical (unpaired) electrons. The summed E-state index contributed by atoms with van der Waals surface area (Å²) in [6, 6.07) is 0.977. The molecule has 1 amide bonds. The summed E-state index contributed by atoms with van der Waals surface area (Å²) in [6.45, 7) is 0.961. The zero-order valence-electron chi connectivity index (χ0n) is 12.7. The number of alkyl halides is 3. The van der Waals surface area contributed by atoms with E-state index in [1.54, 1.807) is 4.90 Å². The monoisotopic (exact) mass is 340 g/mol. The normalized spacial score (nSPS) is 22.2. The zero-order chi connectivity index (χ0) is 16.9. The maximum Gasteiger partial charge on any atom is 0.419 e. The Balaban J connectivity index is 1.64. The van der Waals surface area contributed by atoms with Crippen LogP contribution in [0.4, 0.5) is 19.0 Å². The molecule has 1 spiro atoms. The Hall–Kier alpha value is -2.32. The minimum atomic E-state index is -4.53. The molecule has 24 heavy (non-hydrogen) atoms. The molecule has 9 heteroatoms. The molecule has 0 atom stereocenters. The van der Waals surface area contributed by atoms with Gasteiger partial charge in [-0.15, -0.1) is 5.10 Å². The molecule has 1 aromatic heterocycles. The minimum Gasteiger partial charge on any atom is -0.466 e. The average Bonchev–Trinajstić information content (AvgIpc) is 2.44. The Kier molecular flexibility index (Phi) is 3.23. The number of nitrogens with one attached hydrogen (secondary N) is 1. The Morgan fingerprint density at radius 1 is 1.29 bits per heavy atom. The van der Waals surface area contributed by atoms with Crippen LogP contribution in [0.1, 0.15) is 30.4 Å². The van der Waals surface area contributed by atoms with Gasteiger partial charge in [0.15, 0.2) is 6.61 Å². The summed E-state index contributed by atoms with van der Waals surface area (Å²) in [5.41, 5.74) is 1.66. The van der Waals surface area contributed by atoms with Gasteiger partial charge < -0.3 is 9.64 Å². The van der Waals surface area contributed by atoms with Gasteiger partial charge in [-0.25, -0.2) is 10.4 Å². The Morgan fingerprint density at radius 3 is 2.58 bits per heavy atom. The van der Waals surface area contributed by atoms with E-state index < -0.39 is 17.6 Å². The first-order valence-corrected chi connectivity index (χ1v) is 7.68. The van der Waals surface area contributed by atoms with E-state index in [4.69, 9.17) is 4.74 Å². The molecule has 1 N–H and O–H groups in total. The van der Waals surface area contributed by atoms with Crippen molar-refractivity contribution in [2.24, 2.45) is 10.5 Å². The van der Waals surface area contributed by atoms with Gasteiger partial charge in [0, 0.05) is 24.7 Å². The molecule has 4 rings (SSSR count). The van der Waals surface area contributed by atoms with Gasteiger partial charge in [0.25, 0.3) is 5.91 Å². The highest BCUT2D eigenvalue weighted by Crippen LogP contribution is 2.50. The van der Waals surface area contributed by atoms with E-state index in [1.165, 1.54) is 6.20 Å². The lowest BCUT2D eigenvalue weighted by molar-refractivity contribution is -0.137. The fraction of sp³-hybridized carbons (Fsp3) is 0.533. The van der Waals surface area contributed by atoms with Crippen LogP contribution in [0.3, 0.4) is 0 Å². The van der Waals surface area contributed by atoms with Crippen molar-refractivity contribution in [3.8, 4) is 0 Å². The first-order chi connectivity index (χ1) is 11.4. The molecule has 128 valence electrons. The molecule has 0 aromatic carbocycles. The lowest BCUT2D eigenvalue weighted by atomic mass is 9.63. The van der Waals surface area contributed by atoms with Crippen molar-refractivity contribution in [1.82, 2.24) is 10.4 Å². The number of ether oxygens (including phenoxy) is 1. The van der Waals surface area contributed by atoms with Crippen molar-refractivity contribution < 1.29 is 22.7 Å². The third-order valence-corrected chi connectivity index (χ3v) is 4.81. The molecule has 0 bridgehead atoms. The molecule has 3 aliphatic rings. The summed E-state index contributed by atoms with van der Waals surface area (Å²) >= 11 is 0. The van der Waals surface area contributed by atoms with Crippen molar-refractivity contribution >= 4 is 17.6 Å². The quantitative estimate of drug-likeness (QED) is 0.893. The standard InChI is InChI=1S/C15H15F3N4O2/c16-15(17,18)10-4-9(13-21-20-11(23)6-24-13)5-19-12(10)22-7-14(8-22)2-1-3-14/h4-5H,1-3,6-8H2,(H,20,23). The number of carbonyl (C=O) groups excluding carboxylic acids is 1. The number of pyridine rings is 1. The average molecular weight is 340 g/mol. The Morgan fingerprint density at radius 2 is 2.04 bits per heavy atom. The number of halogens is 3. The molecule has 1 saturated carbocycles. The highest BCUT2D eigenvalue weighted by Gasteiger charge is 2.49. The molecular weight excluding hydrogens is 325 g/mol. The van der Waals surface area contributed by atoms with E-state index in [9.17, 15) is 18.0 Å². The molecular formula is C15H15F3N4O2. The number of carbonyl (C=O) groups is 1. The maximum atomic E-state index is 13.4. The lowest BCUT2D eigenvalue weighted by Gasteiger charge is -2.56. The molecule has 2 fully saturated rings. The van der Waals surface area contributed by atoms with Crippen molar-refractivity contribution in [2.45, 2.75) is 25.4 Å². The van der Waals surface area contributed by atoms with Crippen molar-refractivity contribution in [3.63, 3.8) is 0 Å². The topological polar surface area (TPSA) is 66.8 Å². The second-order valence-electron chi connectivity index (χ2n) is 6.54. The van der Waals surface area contributed by atoms with Gasteiger partial charge >= 0.3 is 6.18 Å². The second kappa shape index (κ2) is 5.09. The summed E-state index contributed by atoms with van der Waals surface area (Å²) in [6.07, 6.45) is 0.0710. The fourth-order valence-corrected chi connectivity index (χ4v) is 3.40. The number of hydrazone groups is 1. The zero-order valence-corrected chi connectivity index (χ0v) is 12.7. The van der Waals surface area contributed by atoms with Crippen LogP contribution in [0, 0.1) is 5.41 Å². The van der Waals surface area contributed by atoms with E-state index in [1.807, 2.05) is 0 Å². The predicted octanol–water partition coefficient (Wildman–Crippen LogP) is 1.90. The number of hydrogen-bond donors (Lipinski definition) is 1. The highest BCUT2D eigenvalue weighted by molar-refractivity contribution is 5.98. The van der Waals surface area contributed by atoms with Crippen LogP contribution in [0.15, 0.2) is 17.4 Å². The highest BCUT2D eigenvalue weighted by atomic mass is 19.4. The van der Waals surface area contributed by atoms with Gasteiger partial charge in [-0.3, -0.25) is 4.79 Å². The number of aromatic nitrogens is 1. The summed E-state index contributed by atoms with van der Waals surface area (Å²) in [4.78, 5) is 16.7. The number of anilines is 1. The van der Waals surface area contributed by atoms with E-state index in [0.29, 0.717) is 13.1 Å². The summed E-state index contributed by atoms with van der Waals surface area (Å²) in [5, 5.41) is 3.63. The number of hydrogen-bond acceptors (Lipinski definition) is 5. The molecule has 3 heterocycles. The number of amides is 1. The van der Waals surface area contributed by atoms with Crippen molar-refractivity contribution in [1.29, 1.82) is 0 Å². The SMILES string of the molecule is O=C1COC(c2cnc(N3CC4(CCC4)C3)c(C(F)(F)F)c2)=NN1. The number of nitrogens with zero attached hydrogens (tertiary/aromatic N) is 3. The van der Waals surface area contributed by atoms with Crippen LogP contribution in [0.25, 0.3) is 0 Å². The van der Waals surface area contributed by atoms with Crippen LogP contribution in [-0.4, -0.2) is 36.5 Å². The van der Waals surface area contributed by atoms with Crippen LogP contribution in [-0.2, 0) is 15.7 Å². The van der Waals surface area contributed by atoms with Gasteiger partial charge in [0.05, 0.1) is 11.1 Å². The van der Waals surface area contributed by atoms with Crippen LogP contribution < -0.4 is 10.3 Å². The van der Waals surface area contributed by atoms with E-state index in [0.717, 1.165) is 25.3 Å². The van der Waals surface area contributed by atoms with Crippen LogP contribution in [0.2, 0.25) is 0 Å². The lowest BCUT2D eigenvalue weighted by Crippen LogP contribution is -2.60. The fourth-order valence-electron chi connectivity index (χ4n) is 3.40. The molecule has 0 unspecified atom stereocenters.